The van der Waals surface area contributed by atoms with Crippen molar-refractivity contribution in [2.45, 2.75) is 155 Å². The molecule has 3 heterocycles. The van der Waals surface area contributed by atoms with Crippen LogP contribution in [0.1, 0.15) is 126 Å². The maximum Gasteiger partial charge on any atom is 0.313 e. The Bertz CT molecular complexity index is 1390. The molecule has 0 amide bonds. The Morgan fingerprint density at radius 1 is 1.04 bits per heavy atom. The van der Waals surface area contributed by atoms with E-state index in [-0.39, 0.29) is 48.6 Å². The van der Waals surface area contributed by atoms with Crippen LogP contribution < -0.4 is 0 Å². The smallest absolute Gasteiger partial charge is 0.313 e. The molecular weight excluding hydrogens is 620 g/mol. The highest BCUT2D eigenvalue weighted by Gasteiger charge is 2.67. The van der Waals surface area contributed by atoms with Crippen molar-refractivity contribution in [3.05, 3.63) is 35.1 Å². The number of aliphatic hydroxyl groups excluding tert-OH is 1. The summed E-state index contributed by atoms with van der Waals surface area (Å²) < 4.78 is 19.1. The molecule has 3 fully saturated rings. The van der Waals surface area contributed by atoms with Crippen LogP contribution in [0.25, 0.3) is 0 Å². The molecule has 5 aliphatic rings. The molecule has 5 rings (SSSR count). The van der Waals surface area contributed by atoms with E-state index in [1.54, 1.807) is 6.92 Å². The second-order valence-electron chi connectivity index (χ2n) is 17.4. The van der Waals surface area contributed by atoms with Gasteiger partial charge in [-0.2, -0.15) is 0 Å². The summed E-state index contributed by atoms with van der Waals surface area (Å²) in [7, 11) is 1.39. The van der Waals surface area contributed by atoms with Gasteiger partial charge in [-0.1, -0.05) is 51.8 Å². The van der Waals surface area contributed by atoms with Gasteiger partial charge in [-0.25, -0.2) is 0 Å². The second kappa shape index (κ2) is 14.0. The lowest BCUT2D eigenvalue weighted by Crippen LogP contribution is -2.54. The first-order valence-corrected chi connectivity index (χ1v) is 18.9. The number of carbonyl (C=O) groups is 3. The van der Waals surface area contributed by atoms with Gasteiger partial charge in [-0.3, -0.25) is 14.4 Å². The summed E-state index contributed by atoms with van der Waals surface area (Å²) in [6, 6.07) is 0. The molecule has 0 aromatic carbocycles. The van der Waals surface area contributed by atoms with Crippen molar-refractivity contribution in [3.8, 4) is 0 Å². The summed E-state index contributed by atoms with van der Waals surface area (Å²) in [4.78, 5) is 42.9. The fraction of sp³-hybridized carbons (Fsp3) is 0.780. The Labute approximate surface area is 294 Å². The number of hydrogen-bond acceptors (Lipinski definition) is 8. The number of carbonyl (C=O) groups excluding carboxylic acids is 3. The van der Waals surface area contributed by atoms with Gasteiger partial charge in [0, 0.05) is 42.9 Å². The van der Waals surface area contributed by atoms with Gasteiger partial charge in [0.25, 0.3) is 0 Å². The molecule has 0 aromatic rings. The van der Waals surface area contributed by atoms with Crippen molar-refractivity contribution in [3.63, 3.8) is 0 Å². The van der Waals surface area contributed by atoms with Crippen molar-refractivity contribution in [2.24, 2.45) is 40.9 Å². The lowest BCUT2D eigenvalue weighted by atomic mass is 9.52. The van der Waals surface area contributed by atoms with Crippen LogP contribution in [0.5, 0.6) is 0 Å². The van der Waals surface area contributed by atoms with E-state index in [2.05, 4.69) is 26.0 Å². The van der Waals surface area contributed by atoms with Gasteiger partial charge in [0.2, 0.25) is 0 Å². The third kappa shape index (κ3) is 7.13. The molecule has 3 aliphatic heterocycles. The van der Waals surface area contributed by atoms with Gasteiger partial charge >= 0.3 is 5.97 Å². The van der Waals surface area contributed by atoms with Crippen molar-refractivity contribution in [2.75, 3.05) is 7.11 Å². The van der Waals surface area contributed by atoms with Crippen LogP contribution in [0, 0.1) is 40.9 Å². The van der Waals surface area contributed by atoms with Crippen molar-refractivity contribution in [1.82, 2.24) is 0 Å². The normalized spacial score (nSPS) is 47.0. The maximum atomic E-state index is 14.7. The summed E-state index contributed by atoms with van der Waals surface area (Å²) in [5.41, 5.74) is -2.29. The van der Waals surface area contributed by atoms with E-state index in [0.717, 1.165) is 36.2 Å². The summed E-state index contributed by atoms with van der Waals surface area (Å²) in [5, 5.41) is 23.3. The predicted octanol–water partition coefficient (Wildman–Crippen LogP) is 7.21. The van der Waals surface area contributed by atoms with Crippen LogP contribution in [0.3, 0.4) is 0 Å². The zero-order valence-corrected chi connectivity index (χ0v) is 31.5. The molecule has 274 valence electrons. The highest BCUT2D eigenvalue weighted by molar-refractivity contribution is 5.93. The van der Waals surface area contributed by atoms with Gasteiger partial charge in [0.1, 0.15) is 17.2 Å². The van der Waals surface area contributed by atoms with Crippen LogP contribution in [-0.2, 0) is 28.6 Å². The average molecular weight is 683 g/mol. The number of esters is 1. The fourth-order valence-corrected chi connectivity index (χ4v) is 9.65. The number of allylic oxidation sites excluding steroid dienone is 4. The summed E-state index contributed by atoms with van der Waals surface area (Å²) in [6.07, 6.45) is 10.7. The molecule has 11 atom stereocenters. The molecule has 49 heavy (non-hydrogen) atoms. The number of ether oxygens (including phenoxy) is 3. The molecule has 2 saturated heterocycles. The number of rotatable bonds is 2. The molecule has 0 unspecified atom stereocenters. The zero-order valence-electron chi connectivity index (χ0n) is 31.5. The zero-order chi connectivity index (χ0) is 36.1. The SMILES string of the molecule is COC(=O)[C@@]12CC(=O)[C@@H](C(C)C)CC(=O)[C@@H](C)CCC[C@@H](C)/C=C3/O[C@@](C)(C[C@@H]31)/C1=C/C[C@](C)(O)[C@H]3CC[C@@](C)(O3)[C@H](O)CC/C(C)=C/[C@H]12. The van der Waals surface area contributed by atoms with Crippen LogP contribution in [0.15, 0.2) is 35.1 Å². The Balaban J connectivity index is 1.75. The van der Waals surface area contributed by atoms with Crippen LogP contribution in [0.2, 0.25) is 0 Å². The van der Waals surface area contributed by atoms with Gasteiger partial charge in [0.05, 0.1) is 41.7 Å². The van der Waals surface area contributed by atoms with E-state index >= 15 is 0 Å². The van der Waals surface area contributed by atoms with Crippen molar-refractivity contribution >= 4 is 17.5 Å². The van der Waals surface area contributed by atoms with Crippen LogP contribution in [-0.4, -0.2) is 63.9 Å². The lowest BCUT2D eigenvalue weighted by molar-refractivity contribution is -0.162. The van der Waals surface area contributed by atoms with Crippen molar-refractivity contribution in [1.29, 1.82) is 0 Å². The number of methoxy groups -OCH3 is 1. The topological polar surface area (TPSA) is 119 Å². The van der Waals surface area contributed by atoms with E-state index < -0.39 is 58.1 Å². The standard InChI is InChI=1S/C41H62O8/c1-24(2)28-21-32(42)27(5)12-10-11-25(3)20-34-31-22-40(8,48-34)29-15-17-38(6,46)36-16-18-39(7,49-36)35(44)14-13-26(4)19-30(29)41(31,23-33(28)43)37(45)47-9/h15,19-20,24-25,27-28,30-31,35-36,44,46H,10-14,16-18,21-23H2,1-9H3/b26-19+,29-15+,34-20+/t25-,27+,28-,30-,31+,35-,36-,38+,39-,40+,41-/m1/s1. The van der Waals surface area contributed by atoms with Gasteiger partial charge in [-0.15, -0.1) is 0 Å². The quantitative estimate of drug-likeness (QED) is 0.232. The first kappa shape index (κ1) is 38.0. The Hall–Kier alpha value is -2.29. The monoisotopic (exact) mass is 682 g/mol. The fourth-order valence-electron chi connectivity index (χ4n) is 9.65. The molecular formula is C41H62O8. The van der Waals surface area contributed by atoms with E-state index in [1.165, 1.54) is 7.11 Å². The number of aliphatic hydroxyl groups is 2. The first-order chi connectivity index (χ1) is 22.9. The van der Waals surface area contributed by atoms with E-state index in [1.807, 2.05) is 40.7 Å². The molecule has 1 saturated carbocycles. The number of fused-ring (bicyclic) bond motifs is 6. The highest BCUT2D eigenvalue weighted by Crippen LogP contribution is 2.64. The predicted molar refractivity (Wildman–Crippen MR) is 188 cm³/mol. The molecule has 0 aromatic heterocycles. The molecule has 2 aliphatic carbocycles. The minimum atomic E-state index is -1.33. The molecule has 0 radical (unpaired) electrons. The lowest BCUT2D eigenvalue weighted by Gasteiger charge is -2.48. The average Bonchev–Trinajstić information content (AvgIpc) is 3.58. The van der Waals surface area contributed by atoms with E-state index in [4.69, 9.17) is 14.2 Å². The summed E-state index contributed by atoms with van der Waals surface area (Å²) >= 11 is 0. The largest absolute Gasteiger partial charge is 0.488 e. The van der Waals surface area contributed by atoms with Crippen LogP contribution in [0.4, 0.5) is 0 Å². The Morgan fingerprint density at radius 3 is 2.43 bits per heavy atom. The number of hydrogen-bond donors (Lipinski definition) is 2. The first-order valence-electron chi connectivity index (χ1n) is 18.9. The molecule has 8 heteroatoms. The van der Waals surface area contributed by atoms with Crippen molar-refractivity contribution < 1.29 is 38.8 Å². The molecule has 0 spiro atoms. The second-order valence-corrected chi connectivity index (χ2v) is 17.4. The van der Waals surface area contributed by atoms with Gasteiger partial charge < -0.3 is 24.4 Å². The van der Waals surface area contributed by atoms with E-state index in [9.17, 15) is 24.6 Å². The van der Waals surface area contributed by atoms with Gasteiger partial charge in [-0.05, 0) is 96.1 Å². The summed E-state index contributed by atoms with van der Waals surface area (Å²) in [6.45, 7) is 15.9. The minimum absolute atomic E-state index is 0.0873. The summed E-state index contributed by atoms with van der Waals surface area (Å²) in [5.74, 6) is -1.36. The number of Topliss-reactive ketones (excluding diaryl/α,β-unsaturated/α-hetero) is 2. The molecule has 2 N–H and O–H groups in total. The number of ketones is 2. The Morgan fingerprint density at radius 2 is 1.76 bits per heavy atom. The van der Waals surface area contributed by atoms with Crippen LogP contribution >= 0.6 is 0 Å². The van der Waals surface area contributed by atoms with Gasteiger partial charge in [0.15, 0.2) is 0 Å². The third-order valence-electron chi connectivity index (χ3n) is 13.1. The molecule has 8 nitrogen and oxygen atoms in total. The minimum Gasteiger partial charge on any atom is -0.488 e. The van der Waals surface area contributed by atoms with E-state index in [0.29, 0.717) is 32.1 Å². The maximum absolute atomic E-state index is 14.7. The Kier molecular flexibility index (Phi) is 10.9. The third-order valence-corrected chi connectivity index (χ3v) is 13.1. The highest BCUT2D eigenvalue weighted by atomic mass is 16.5. The molecule has 4 bridgehead atoms.